The Labute approximate surface area is 91.0 Å². The molecule has 1 aliphatic rings. The maximum Gasteiger partial charge on any atom is 0.328 e. The molecule has 86 valence electrons. The van der Waals surface area contributed by atoms with Crippen LogP contribution in [0.3, 0.4) is 0 Å². The third-order valence-electron chi connectivity index (χ3n) is 3.21. The molecule has 0 saturated heterocycles. The molecular weight excluding hydrogens is 192 g/mol. The van der Waals surface area contributed by atoms with Crippen LogP contribution in [0.2, 0.25) is 0 Å². The Bertz CT molecular complexity index is 245. The minimum atomic E-state index is -0.886. The number of rotatable bonds is 6. The molecule has 0 heterocycles. The Hall–Kier alpha value is -0.870. The monoisotopic (exact) mass is 212 g/mol. The average Bonchev–Trinajstić information content (AvgIpc) is 2.06. The van der Waals surface area contributed by atoms with Crippen molar-refractivity contribution in [2.75, 3.05) is 27.2 Å². The molecule has 1 rings (SSSR count). The molecule has 15 heavy (non-hydrogen) atoms. The highest BCUT2D eigenvalue weighted by atomic mass is 16.4. The first-order valence-corrected chi connectivity index (χ1v) is 5.34. The second-order valence-electron chi connectivity index (χ2n) is 4.34. The van der Waals surface area contributed by atoms with Crippen molar-refractivity contribution in [1.82, 2.24) is 10.2 Å². The SMILES string of the molecule is CN(C)C1(CNC/C=C/C(=O)O)CCC1. The van der Waals surface area contributed by atoms with E-state index in [4.69, 9.17) is 5.11 Å². The summed E-state index contributed by atoms with van der Waals surface area (Å²) in [4.78, 5) is 12.5. The van der Waals surface area contributed by atoms with Crippen molar-refractivity contribution in [1.29, 1.82) is 0 Å². The van der Waals surface area contributed by atoms with Crippen LogP contribution in [0.5, 0.6) is 0 Å². The van der Waals surface area contributed by atoms with Crippen LogP contribution >= 0.6 is 0 Å². The molecule has 0 amide bonds. The molecule has 4 heteroatoms. The van der Waals surface area contributed by atoms with E-state index in [2.05, 4.69) is 24.3 Å². The van der Waals surface area contributed by atoms with Gasteiger partial charge in [-0.1, -0.05) is 6.08 Å². The molecule has 0 aliphatic heterocycles. The first-order chi connectivity index (χ1) is 7.07. The Kier molecular flexibility index (Phi) is 4.29. The van der Waals surface area contributed by atoms with Gasteiger partial charge >= 0.3 is 5.97 Å². The molecule has 1 aliphatic carbocycles. The fourth-order valence-electron chi connectivity index (χ4n) is 1.91. The lowest BCUT2D eigenvalue weighted by Gasteiger charge is -2.47. The Morgan fingerprint density at radius 3 is 2.60 bits per heavy atom. The van der Waals surface area contributed by atoms with Crippen LogP contribution in [0, 0.1) is 0 Å². The number of carboxylic acid groups (broad SMARTS) is 1. The van der Waals surface area contributed by atoms with Crippen LogP contribution in [0.15, 0.2) is 12.2 Å². The summed E-state index contributed by atoms with van der Waals surface area (Å²) in [5.74, 6) is -0.886. The molecule has 0 radical (unpaired) electrons. The molecule has 0 unspecified atom stereocenters. The zero-order valence-corrected chi connectivity index (χ0v) is 9.49. The van der Waals surface area contributed by atoms with Gasteiger partial charge in [0, 0.05) is 24.7 Å². The highest BCUT2D eigenvalue weighted by Gasteiger charge is 2.38. The van der Waals surface area contributed by atoms with Crippen LogP contribution in [0.25, 0.3) is 0 Å². The van der Waals surface area contributed by atoms with Crippen molar-refractivity contribution >= 4 is 5.97 Å². The smallest absolute Gasteiger partial charge is 0.328 e. The Morgan fingerprint density at radius 2 is 2.20 bits per heavy atom. The normalized spacial score (nSPS) is 19.4. The second-order valence-corrected chi connectivity index (χ2v) is 4.34. The maximum atomic E-state index is 10.2. The molecule has 1 fully saturated rings. The minimum absolute atomic E-state index is 0.303. The van der Waals surface area contributed by atoms with E-state index >= 15 is 0 Å². The standard InChI is InChI=1S/C11H20N2O2/c1-13(2)11(6-4-7-11)9-12-8-3-5-10(14)15/h3,5,12H,4,6-9H2,1-2H3,(H,14,15)/b5-3+. The lowest BCUT2D eigenvalue weighted by Crippen LogP contribution is -2.56. The highest BCUT2D eigenvalue weighted by molar-refractivity contribution is 5.79. The van der Waals surface area contributed by atoms with Gasteiger partial charge in [-0.3, -0.25) is 0 Å². The molecule has 0 spiro atoms. The van der Waals surface area contributed by atoms with Gasteiger partial charge in [0.25, 0.3) is 0 Å². The van der Waals surface area contributed by atoms with Gasteiger partial charge in [-0.2, -0.15) is 0 Å². The van der Waals surface area contributed by atoms with E-state index in [-0.39, 0.29) is 0 Å². The summed E-state index contributed by atoms with van der Waals surface area (Å²) in [5, 5.41) is 11.7. The number of carboxylic acids is 1. The number of nitrogens with one attached hydrogen (secondary N) is 1. The second kappa shape index (κ2) is 5.28. The van der Waals surface area contributed by atoms with E-state index in [1.165, 1.54) is 25.3 Å². The van der Waals surface area contributed by atoms with Gasteiger partial charge < -0.3 is 15.3 Å². The van der Waals surface area contributed by atoms with Gasteiger partial charge in [0.1, 0.15) is 0 Å². The van der Waals surface area contributed by atoms with E-state index in [0.717, 1.165) is 6.54 Å². The third-order valence-corrected chi connectivity index (χ3v) is 3.21. The number of likely N-dealkylation sites (N-methyl/N-ethyl adjacent to an activating group) is 1. The van der Waals surface area contributed by atoms with Crippen molar-refractivity contribution in [3.05, 3.63) is 12.2 Å². The molecule has 0 aromatic carbocycles. The quantitative estimate of drug-likeness (QED) is 0.503. The van der Waals surface area contributed by atoms with Crippen LogP contribution in [0.1, 0.15) is 19.3 Å². The maximum absolute atomic E-state index is 10.2. The molecule has 0 aromatic rings. The minimum Gasteiger partial charge on any atom is -0.478 e. The lowest BCUT2D eigenvalue weighted by atomic mass is 9.75. The summed E-state index contributed by atoms with van der Waals surface area (Å²) in [6, 6.07) is 0. The summed E-state index contributed by atoms with van der Waals surface area (Å²) >= 11 is 0. The van der Waals surface area contributed by atoms with E-state index in [1.54, 1.807) is 6.08 Å². The fourth-order valence-corrected chi connectivity index (χ4v) is 1.91. The fraction of sp³-hybridized carbons (Fsp3) is 0.727. The predicted octanol–water partition coefficient (Wildman–Crippen LogP) is 0.701. The zero-order valence-electron chi connectivity index (χ0n) is 9.49. The summed E-state index contributed by atoms with van der Waals surface area (Å²) in [6.45, 7) is 1.56. The molecule has 0 atom stereocenters. The first kappa shape index (κ1) is 12.2. The molecule has 0 aromatic heterocycles. The van der Waals surface area contributed by atoms with Crippen LogP contribution < -0.4 is 5.32 Å². The molecular formula is C11H20N2O2. The third kappa shape index (κ3) is 3.32. The van der Waals surface area contributed by atoms with Gasteiger partial charge in [-0.15, -0.1) is 0 Å². The summed E-state index contributed by atoms with van der Waals surface area (Å²) < 4.78 is 0. The van der Waals surface area contributed by atoms with Crippen molar-refractivity contribution in [3.63, 3.8) is 0 Å². The number of hydrogen-bond acceptors (Lipinski definition) is 3. The summed E-state index contributed by atoms with van der Waals surface area (Å²) in [7, 11) is 4.21. The first-order valence-electron chi connectivity index (χ1n) is 5.34. The predicted molar refractivity (Wildman–Crippen MR) is 59.9 cm³/mol. The Morgan fingerprint density at radius 1 is 1.53 bits per heavy atom. The summed E-state index contributed by atoms with van der Waals surface area (Å²) in [6.07, 6.45) is 6.58. The number of hydrogen-bond donors (Lipinski definition) is 2. The molecule has 0 bridgehead atoms. The van der Waals surface area contributed by atoms with Crippen molar-refractivity contribution in [3.8, 4) is 0 Å². The van der Waals surface area contributed by atoms with Crippen molar-refractivity contribution in [2.24, 2.45) is 0 Å². The van der Waals surface area contributed by atoms with Crippen LogP contribution in [0.4, 0.5) is 0 Å². The zero-order chi connectivity index (χ0) is 11.3. The van der Waals surface area contributed by atoms with Crippen LogP contribution in [-0.2, 0) is 4.79 Å². The Balaban J connectivity index is 2.21. The molecule has 4 nitrogen and oxygen atoms in total. The average molecular weight is 212 g/mol. The van der Waals surface area contributed by atoms with Gasteiger partial charge in [0.15, 0.2) is 0 Å². The number of carbonyl (C=O) groups is 1. The molecule has 2 N–H and O–H groups in total. The summed E-state index contributed by atoms with van der Waals surface area (Å²) in [5.41, 5.74) is 0.303. The van der Waals surface area contributed by atoms with Gasteiger partial charge in [0.05, 0.1) is 0 Å². The van der Waals surface area contributed by atoms with E-state index < -0.39 is 5.97 Å². The number of aliphatic carboxylic acids is 1. The van der Waals surface area contributed by atoms with Gasteiger partial charge in [-0.25, -0.2) is 4.79 Å². The largest absolute Gasteiger partial charge is 0.478 e. The molecule has 1 saturated carbocycles. The van der Waals surface area contributed by atoms with Crippen molar-refractivity contribution < 1.29 is 9.90 Å². The number of nitrogens with zero attached hydrogens (tertiary/aromatic N) is 1. The highest BCUT2D eigenvalue weighted by Crippen LogP contribution is 2.35. The van der Waals surface area contributed by atoms with E-state index in [1.807, 2.05) is 0 Å². The van der Waals surface area contributed by atoms with Crippen molar-refractivity contribution in [2.45, 2.75) is 24.8 Å². The van der Waals surface area contributed by atoms with Crippen LogP contribution in [-0.4, -0.2) is 48.7 Å². The topological polar surface area (TPSA) is 52.6 Å². The lowest BCUT2D eigenvalue weighted by molar-refractivity contribution is -0.131. The van der Waals surface area contributed by atoms with Gasteiger partial charge in [-0.05, 0) is 33.4 Å². The van der Waals surface area contributed by atoms with Gasteiger partial charge in [0.2, 0.25) is 0 Å². The van der Waals surface area contributed by atoms with E-state index in [0.29, 0.717) is 12.1 Å². The van der Waals surface area contributed by atoms with E-state index in [9.17, 15) is 4.79 Å².